The van der Waals surface area contributed by atoms with Crippen molar-refractivity contribution in [2.45, 2.75) is 51.4 Å². The van der Waals surface area contributed by atoms with Crippen molar-refractivity contribution in [1.82, 2.24) is 5.32 Å². The Balaban J connectivity index is 1.76. The van der Waals surface area contributed by atoms with Gasteiger partial charge in [0.25, 0.3) is 0 Å². The lowest BCUT2D eigenvalue weighted by Gasteiger charge is -2.08. The molecule has 0 saturated carbocycles. The molecular formula is C21H34N2O5. The summed E-state index contributed by atoms with van der Waals surface area (Å²) in [5, 5.41) is 14.0. The number of carboxylic acid groups (broad SMARTS) is 1. The maximum absolute atomic E-state index is 11.7. The van der Waals surface area contributed by atoms with Gasteiger partial charge in [-0.05, 0) is 31.4 Å². The number of para-hydroxylation sites is 1. The second kappa shape index (κ2) is 17.0. The number of anilines is 1. The number of hydrogen-bond acceptors (Lipinski definition) is 4. The summed E-state index contributed by atoms with van der Waals surface area (Å²) in [6.07, 6.45) is 8.58. The molecule has 2 amide bonds. The summed E-state index contributed by atoms with van der Waals surface area (Å²) in [5.41, 5.74) is 0.780. The Hall–Kier alpha value is -2.12. The SMILES string of the molecule is O=C(O)COCCCCCCCCCOCCCNC(=O)Nc1ccccc1. The van der Waals surface area contributed by atoms with E-state index in [4.69, 9.17) is 14.6 Å². The highest BCUT2D eigenvalue weighted by atomic mass is 16.5. The second-order valence-corrected chi connectivity index (χ2v) is 6.63. The largest absolute Gasteiger partial charge is 0.480 e. The smallest absolute Gasteiger partial charge is 0.329 e. The molecule has 158 valence electrons. The molecule has 0 aliphatic heterocycles. The van der Waals surface area contributed by atoms with Crippen LogP contribution < -0.4 is 10.6 Å². The molecule has 0 fully saturated rings. The van der Waals surface area contributed by atoms with Gasteiger partial charge in [0.15, 0.2) is 0 Å². The van der Waals surface area contributed by atoms with Crippen LogP contribution >= 0.6 is 0 Å². The summed E-state index contributed by atoms with van der Waals surface area (Å²) in [7, 11) is 0. The number of carbonyl (C=O) groups excluding carboxylic acids is 1. The van der Waals surface area contributed by atoms with Crippen LogP contribution in [0.5, 0.6) is 0 Å². The van der Waals surface area contributed by atoms with Gasteiger partial charge in [-0.2, -0.15) is 0 Å². The van der Waals surface area contributed by atoms with Crippen LogP contribution in [0.2, 0.25) is 0 Å². The first-order valence-electron chi connectivity index (χ1n) is 10.2. The third-order valence-electron chi connectivity index (χ3n) is 4.09. The van der Waals surface area contributed by atoms with Crippen molar-refractivity contribution in [2.75, 3.05) is 38.3 Å². The fraction of sp³-hybridized carbons (Fsp3) is 0.619. The Bertz CT molecular complexity index is 525. The molecule has 0 unspecified atom stereocenters. The summed E-state index contributed by atoms with van der Waals surface area (Å²) in [6.45, 7) is 2.34. The molecule has 28 heavy (non-hydrogen) atoms. The predicted molar refractivity (Wildman–Crippen MR) is 110 cm³/mol. The number of carboxylic acids is 1. The Morgan fingerprint density at radius 2 is 1.36 bits per heavy atom. The van der Waals surface area contributed by atoms with E-state index in [9.17, 15) is 9.59 Å². The number of nitrogens with one attached hydrogen (secondary N) is 2. The van der Waals surface area contributed by atoms with Crippen molar-refractivity contribution in [1.29, 1.82) is 0 Å². The Morgan fingerprint density at radius 3 is 2.00 bits per heavy atom. The highest BCUT2D eigenvalue weighted by molar-refractivity contribution is 5.89. The summed E-state index contributed by atoms with van der Waals surface area (Å²) in [6, 6.07) is 9.16. The maximum Gasteiger partial charge on any atom is 0.329 e. The Labute approximate surface area is 167 Å². The molecule has 0 aromatic heterocycles. The summed E-state index contributed by atoms with van der Waals surface area (Å²) < 4.78 is 10.6. The number of amides is 2. The van der Waals surface area contributed by atoms with Crippen molar-refractivity contribution < 1.29 is 24.2 Å². The molecule has 0 radical (unpaired) electrons. The van der Waals surface area contributed by atoms with E-state index in [1.807, 2.05) is 30.3 Å². The summed E-state index contributed by atoms with van der Waals surface area (Å²) in [5.74, 6) is -0.910. The minimum atomic E-state index is -0.910. The van der Waals surface area contributed by atoms with Crippen molar-refractivity contribution in [3.63, 3.8) is 0 Å². The van der Waals surface area contributed by atoms with Crippen molar-refractivity contribution in [3.8, 4) is 0 Å². The van der Waals surface area contributed by atoms with E-state index in [1.54, 1.807) is 0 Å². The van der Waals surface area contributed by atoms with E-state index in [0.717, 1.165) is 50.8 Å². The molecule has 7 nitrogen and oxygen atoms in total. The van der Waals surface area contributed by atoms with Crippen LogP contribution in [0.15, 0.2) is 30.3 Å². The molecule has 1 aromatic carbocycles. The van der Waals surface area contributed by atoms with Crippen LogP contribution in [0.25, 0.3) is 0 Å². The van der Waals surface area contributed by atoms with Gasteiger partial charge in [0.2, 0.25) is 0 Å². The van der Waals surface area contributed by atoms with Crippen LogP contribution in [-0.4, -0.2) is 50.1 Å². The molecule has 1 aromatic rings. The second-order valence-electron chi connectivity index (χ2n) is 6.63. The molecule has 0 spiro atoms. The number of unbranched alkanes of at least 4 members (excludes halogenated alkanes) is 6. The fourth-order valence-corrected chi connectivity index (χ4v) is 2.63. The first-order chi connectivity index (χ1) is 13.7. The number of hydrogen-bond donors (Lipinski definition) is 3. The molecule has 1 rings (SSSR count). The molecule has 0 bridgehead atoms. The van der Waals surface area contributed by atoms with E-state index in [0.29, 0.717) is 19.8 Å². The zero-order valence-corrected chi connectivity index (χ0v) is 16.7. The van der Waals surface area contributed by atoms with E-state index >= 15 is 0 Å². The van der Waals surface area contributed by atoms with E-state index in [-0.39, 0.29) is 12.6 Å². The van der Waals surface area contributed by atoms with Gasteiger partial charge < -0.3 is 25.2 Å². The molecule has 0 atom stereocenters. The lowest BCUT2D eigenvalue weighted by molar-refractivity contribution is -0.142. The van der Waals surface area contributed by atoms with Crippen LogP contribution in [0.1, 0.15) is 51.4 Å². The van der Waals surface area contributed by atoms with Gasteiger partial charge in [0, 0.05) is 32.1 Å². The summed E-state index contributed by atoms with van der Waals surface area (Å²) >= 11 is 0. The average molecular weight is 395 g/mol. The number of carbonyl (C=O) groups is 2. The third-order valence-corrected chi connectivity index (χ3v) is 4.09. The first-order valence-corrected chi connectivity index (χ1v) is 10.2. The standard InChI is InChI=1S/C21H34N2O5/c24-20(25)18-28-16-10-5-3-1-2-4-9-15-27-17-11-14-22-21(26)23-19-12-7-6-8-13-19/h6-8,12-13H,1-5,9-11,14-18H2,(H,24,25)(H2,22,23,26). The van der Waals surface area contributed by atoms with E-state index < -0.39 is 5.97 Å². The van der Waals surface area contributed by atoms with Gasteiger partial charge in [-0.25, -0.2) is 9.59 Å². The number of rotatable bonds is 17. The van der Waals surface area contributed by atoms with E-state index in [2.05, 4.69) is 10.6 Å². The Morgan fingerprint density at radius 1 is 0.786 bits per heavy atom. The fourth-order valence-electron chi connectivity index (χ4n) is 2.63. The quantitative estimate of drug-likeness (QED) is 0.346. The van der Waals surface area contributed by atoms with Gasteiger partial charge >= 0.3 is 12.0 Å². The number of aliphatic carboxylic acids is 1. The number of ether oxygens (including phenoxy) is 2. The predicted octanol–water partition coefficient (Wildman–Crippen LogP) is 4.05. The van der Waals surface area contributed by atoms with Crippen molar-refractivity contribution in [2.24, 2.45) is 0 Å². The van der Waals surface area contributed by atoms with Crippen LogP contribution in [0.3, 0.4) is 0 Å². The minimum absolute atomic E-state index is 0.195. The molecule has 0 saturated heterocycles. The average Bonchev–Trinajstić information content (AvgIpc) is 2.68. The van der Waals surface area contributed by atoms with Crippen LogP contribution in [0, 0.1) is 0 Å². The molecule has 0 heterocycles. The maximum atomic E-state index is 11.7. The van der Waals surface area contributed by atoms with Gasteiger partial charge in [-0.15, -0.1) is 0 Å². The zero-order chi connectivity index (χ0) is 20.3. The van der Waals surface area contributed by atoms with Gasteiger partial charge in [0.05, 0.1) is 0 Å². The van der Waals surface area contributed by atoms with Gasteiger partial charge in [-0.3, -0.25) is 0 Å². The van der Waals surface area contributed by atoms with Crippen LogP contribution in [-0.2, 0) is 14.3 Å². The lowest BCUT2D eigenvalue weighted by atomic mass is 10.1. The molecule has 0 aliphatic rings. The molecule has 0 aliphatic carbocycles. The van der Waals surface area contributed by atoms with Crippen molar-refractivity contribution >= 4 is 17.7 Å². The van der Waals surface area contributed by atoms with Crippen LogP contribution in [0.4, 0.5) is 10.5 Å². The Kier molecular flexibility index (Phi) is 14.5. The monoisotopic (exact) mass is 394 g/mol. The molecule has 3 N–H and O–H groups in total. The van der Waals surface area contributed by atoms with E-state index in [1.165, 1.54) is 12.8 Å². The zero-order valence-electron chi connectivity index (χ0n) is 16.7. The highest BCUT2D eigenvalue weighted by Crippen LogP contribution is 2.07. The highest BCUT2D eigenvalue weighted by Gasteiger charge is 2.00. The topological polar surface area (TPSA) is 96.9 Å². The normalized spacial score (nSPS) is 10.6. The number of benzene rings is 1. The minimum Gasteiger partial charge on any atom is -0.480 e. The first kappa shape index (κ1) is 23.9. The molecular weight excluding hydrogens is 360 g/mol. The summed E-state index contributed by atoms with van der Waals surface area (Å²) in [4.78, 5) is 21.9. The van der Waals surface area contributed by atoms with Gasteiger partial charge in [0.1, 0.15) is 6.61 Å². The molecule has 7 heteroatoms. The van der Waals surface area contributed by atoms with Gasteiger partial charge in [-0.1, -0.05) is 50.3 Å². The third kappa shape index (κ3) is 15.0. The lowest BCUT2D eigenvalue weighted by Crippen LogP contribution is -2.30. The number of urea groups is 1. The van der Waals surface area contributed by atoms with Crippen molar-refractivity contribution in [3.05, 3.63) is 30.3 Å².